The summed E-state index contributed by atoms with van der Waals surface area (Å²) < 4.78 is 0. The Balaban J connectivity index is 4.58. The Hall–Kier alpha value is -1.36. The summed E-state index contributed by atoms with van der Waals surface area (Å²) in [7, 11) is 0. The molecule has 0 aromatic heterocycles. The van der Waals surface area contributed by atoms with Gasteiger partial charge < -0.3 is 15.7 Å². The van der Waals surface area contributed by atoms with Crippen molar-refractivity contribution >= 4 is 11.9 Å². The van der Waals surface area contributed by atoms with Crippen molar-refractivity contribution in [3.63, 3.8) is 0 Å². The predicted molar refractivity (Wildman–Crippen MR) is 61.8 cm³/mol. The normalized spacial score (nSPS) is 13.9. The van der Waals surface area contributed by atoms with Crippen molar-refractivity contribution in [2.45, 2.75) is 26.3 Å². The molecule has 2 atom stereocenters. The molecule has 0 saturated carbocycles. The second-order valence-corrected chi connectivity index (χ2v) is 3.81. The Labute approximate surface area is 95.9 Å². The highest BCUT2D eigenvalue weighted by Crippen LogP contribution is 2.08. The lowest BCUT2D eigenvalue weighted by molar-refractivity contribution is -0.145. The van der Waals surface area contributed by atoms with Crippen molar-refractivity contribution in [1.29, 1.82) is 0 Å². The number of hydrogen-bond donors (Lipinski definition) is 2. The molecule has 1 unspecified atom stereocenters. The highest BCUT2D eigenvalue weighted by molar-refractivity contribution is 5.85. The zero-order valence-corrected chi connectivity index (χ0v) is 9.85. The highest BCUT2D eigenvalue weighted by Gasteiger charge is 2.25. The average Bonchev–Trinajstić information content (AvgIpc) is 2.24. The first-order valence-corrected chi connectivity index (χ1v) is 5.31. The number of carbonyl (C=O) groups excluding carboxylic acids is 1. The van der Waals surface area contributed by atoms with E-state index in [1.807, 2.05) is 13.8 Å². The molecule has 0 spiro atoms. The molecule has 0 rings (SSSR count). The largest absolute Gasteiger partial charge is 0.480 e. The maximum Gasteiger partial charge on any atom is 0.323 e. The van der Waals surface area contributed by atoms with Crippen molar-refractivity contribution in [2.75, 3.05) is 13.1 Å². The standard InChI is InChI=1S/C11H20N2O3/c1-4-6-13(7-9(14)15)11(16)10(12)8(3)5-2/h4,8,10H,1,5-7,12H2,2-3H3,(H,14,15)/t8?,10-/m0/s1. The minimum absolute atomic E-state index is 0.0358. The molecular formula is C11H20N2O3. The molecule has 5 nitrogen and oxygen atoms in total. The highest BCUT2D eigenvalue weighted by atomic mass is 16.4. The Kier molecular flexibility index (Phi) is 6.41. The first kappa shape index (κ1) is 14.6. The molecule has 0 saturated heterocycles. The lowest BCUT2D eigenvalue weighted by atomic mass is 9.99. The Bertz CT molecular complexity index is 266. The second-order valence-electron chi connectivity index (χ2n) is 3.81. The van der Waals surface area contributed by atoms with E-state index in [0.29, 0.717) is 0 Å². The molecule has 0 aromatic rings. The molecule has 0 bridgehead atoms. The van der Waals surface area contributed by atoms with Crippen molar-refractivity contribution in [1.82, 2.24) is 4.90 Å². The van der Waals surface area contributed by atoms with Crippen molar-refractivity contribution in [2.24, 2.45) is 11.7 Å². The SMILES string of the molecule is C=CCN(CC(=O)O)C(=O)[C@@H](N)C(C)CC. The number of carbonyl (C=O) groups is 2. The molecule has 0 fully saturated rings. The van der Waals surface area contributed by atoms with E-state index in [4.69, 9.17) is 10.8 Å². The van der Waals surface area contributed by atoms with Gasteiger partial charge in [-0.2, -0.15) is 0 Å². The van der Waals surface area contributed by atoms with Crippen LogP contribution in [0.4, 0.5) is 0 Å². The Morgan fingerprint density at radius 1 is 1.56 bits per heavy atom. The van der Waals surface area contributed by atoms with Gasteiger partial charge in [-0.3, -0.25) is 9.59 Å². The van der Waals surface area contributed by atoms with E-state index in [-0.39, 0.29) is 24.9 Å². The van der Waals surface area contributed by atoms with Crippen LogP contribution in [-0.2, 0) is 9.59 Å². The summed E-state index contributed by atoms with van der Waals surface area (Å²) in [5.41, 5.74) is 5.76. The fourth-order valence-electron chi connectivity index (χ4n) is 1.26. The molecule has 0 radical (unpaired) electrons. The summed E-state index contributed by atoms with van der Waals surface area (Å²) in [5, 5.41) is 8.67. The van der Waals surface area contributed by atoms with Crippen LogP contribution < -0.4 is 5.73 Å². The maximum absolute atomic E-state index is 11.9. The number of nitrogens with zero attached hydrogens (tertiary/aromatic N) is 1. The van der Waals surface area contributed by atoms with E-state index in [9.17, 15) is 9.59 Å². The Morgan fingerprint density at radius 3 is 2.50 bits per heavy atom. The van der Waals surface area contributed by atoms with Crippen LogP contribution in [0.3, 0.4) is 0 Å². The first-order chi connectivity index (χ1) is 7.43. The van der Waals surface area contributed by atoms with Gasteiger partial charge in [0, 0.05) is 6.54 Å². The quantitative estimate of drug-likeness (QED) is 0.620. The smallest absolute Gasteiger partial charge is 0.323 e. The minimum atomic E-state index is -1.05. The van der Waals surface area contributed by atoms with Gasteiger partial charge in [0.15, 0.2) is 0 Å². The third-order valence-electron chi connectivity index (χ3n) is 2.53. The zero-order valence-electron chi connectivity index (χ0n) is 9.85. The van der Waals surface area contributed by atoms with Gasteiger partial charge in [0.25, 0.3) is 0 Å². The summed E-state index contributed by atoms with van der Waals surface area (Å²) in [6, 6.07) is -0.649. The van der Waals surface area contributed by atoms with Gasteiger partial charge in [-0.05, 0) is 5.92 Å². The molecule has 0 aliphatic heterocycles. The van der Waals surface area contributed by atoms with E-state index in [1.54, 1.807) is 0 Å². The summed E-state index contributed by atoms with van der Waals surface area (Å²) in [6.45, 7) is 7.16. The van der Waals surface area contributed by atoms with Crippen LogP contribution in [0, 0.1) is 5.92 Å². The molecule has 1 amide bonds. The van der Waals surface area contributed by atoms with Crippen molar-refractivity contribution in [3.8, 4) is 0 Å². The lowest BCUT2D eigenvalue weighted by Gasteiger charge is -2.25. The van der Waals surface area contributed by atoms with Crippen LogP contribution in [0.2, 0.25) is 0 Å². The van der Waals surface area contributed by atoms with Gasteiger partial charge in [-0.15, -0.1) is 6.58 Å². The monoisotopic (exact) mass is 228 g/mol. The van der Waals surface area contributed by atoms with E-state index in [0.717, 1.165) is 6.42 Å². The molecule has 5 heteroatoms. The molecule has 0 aliphatic carbocycles. The lowest BCUT2D eigenvalue weighted by Crippen LogP contribution is -2.48. The van der Waals surface area contributed by atoms with Gasteiger partial charge in [0.2, 0.25) is 5.91 Å². The Morgan fingerprint density at radius 2 is 2.12 bits per heavy atom. The van der Waals surface area contributed by atoms with Crippen LogP contribution in [0.1, 0.15) is 20.3 Å². The third-order valence-corrected chi connectivity index (χ3v) is 2.53. The average molecular weight is 228 g/mol. The molecule has 92 valence electrons. The van der Waals surface area contributed by atoms with Crippen molar-refractivity contribution < 1.29 is 14.7 Å². The number of carboxylic acid groups (broad SMARTS) is 1. The third kappa shape index (κ3) is 4.44. The predicted octanol–water partition coefficient (Wildman–Crippen LogP) is 0.459. The van der Waals surface area contributed by atoms with Crippen LogP contribution in [-0.4, -0.2) is 41.0 Å². The molecule has 3 N–H and O–H groups in total. The molecule has 0 aromatic carbocycles. The fourth-order valence-corrected chi connectivity index (χ4v) is 1.26. The van der Waals surface area contributed by atoms with Crippen LogP contribution in [0.25, 0.3) is 0 Å². The van der Waals surface area contributed by atoms with Crippen molar-refractivity contribution in [3.05, 3.63) is 12.7 Å². The van der Waals surface area contributed by atoms with Gasteiger partial charge in [0.05, 0.1) is 6.04 Å². The molecule has 16 heavy (non-hydrogen) atoms. The fraction of sp³-hybridized carbons (Fsp3) is 0.636. The molecular weight excluding hydrogens is 208 g/mol. The van der Waals surface area contributed by atoms with Crippen LogP contribution in [0.15, 0.2) is 12.7 Å². The van der Waals surface area contributed by atoms with E-state index in [2.05, 4.69) is 6.58 Å². The van der Waals surface area contributed by atoms with Crippen LogP contribution >= 0.6 is 0 Å². The van der Waals surface area contributed by atoms with Gasteiger partial charge in [-0.1, -0.05) is 26.3 Å². The van der Waals surface area contributed by atoms with Crippen LogP contribution in [0.5, 0.6) is 0 Å². The molecule has 0 heterocycles. The summed E-state index contributed by atoms with van der Waals surface area (Å²) >= 11 is 0. The maximum atomic E-state index is 11.9. The first-order valence-electron chi connectivity index (χ1n) is 5.31. The van der Waals surface area contributed by atoms with E-state index < -0.39 is 12.0 Å². The number of amides is 1. The van der Waals surface area contributed by atoms with Gasteiger partial charge >= 0.3 is 5.97 Å². The number of aliphatic carboxylic acids is 1. The second kappa shape index (κ2) is 7.00. The summed E-state index contributed by atoms with van der Waals surface area (Å²) in [6.07, 6.45) is 2.27. The van der Waals surface area contributed by atoms with E-state index >= 15 is 0 Å². The van der Waals surface area contributed by atoms with E-state index in [1.165, 1.54) is 11.0 Å². The number of carboxylic acids is 1. The van der Waals surface area contributed by atoms with Gasteiger partial charge in [0.1, 0.15) is 6.54 Å². The number of rotatable bonds is 7. The zero-order chi connectivity index (χ0) is 12.7. The topological polar surface area (TPSA) is 83.6 Å². The number of nitrogens with two attached hydrogens (primary N) is 1. The minimum Gasteiger partial charge on any atom is -0.480 e. The number of hydrogen-bond acceptors (Lipinski definition) is 3. The summed E-state index contributed by atoms with van der Waals surface area (Å²) in [4.78, 5) is 23.6. The van der Waals surface area contributed by atoms with Gasteiger partial charge in [-0.25, -0.2) is 0 Å². The molecule has 0 aliphatic rings. The summed E-state index contributed by atoms with van der Waals surface area (Å²) in [5.74, 6) is -1.35.